The van der Waals surface area contributed by atoms with Crippen LogP contribution in [0.4, 0.5) is 17.6 Å². The summed E-state index contributed by atoms with van der Waals surface area (Å²) in [6.07, 6.45) is -3.14. The largest absolute Gasteiger partial charge is 0.404 e. The topological polar surface area (TPSA) is 87.8 Å². The lowest BCUT2D eigenvalue weighted by atomic mass is 10.1. The molecule has 1 unspecified atom stereocenters. The normalized spacial score (nSPS) is 13.3. The summed E-state index contributed by atoms with van der Waals surface area (Å²) in [5, 5.41) is 10.2. The highest BCUT2D eigenvalue weighted by Gasteiger charge is 2.39. The third-order valence-corrected chi connectivity index (χ3v) is 6.22. The van der Waals surface area contributed by atoms with Gasteiger partial charge >= 0.3 is 6.18 Å². The molecule has 11 heteroatoms. The number of pyridine rings is 1. The lowest BCUT2D eigenvalue weighted by molar-refractivity contribution is -0.147. The van der Waals surface area contributed by atoms with E-state index < -0.39 is 33.0 Å². The molecule has 0 aliphatic rings. The zero-order valence-electron chi connectivity index (χ0n) is 16.5. The molecule has 3 aromatic rings. The lowest BCUT2D eigenvalue weighted by Gasteiger charge is -2.17. The zero-order chi connectivity index (χ0) is 23.0. The van der Waals surface area contributed by atoms with E-state index in [4.69, 9.17) is 0 Å². The first-order valence-electron chi connectivity index (χ1n) is 9.27. The minimum Gasteiger partial charge on any atom is -0.338 e. The van der Waals surface area contributed by atoms with Gasteiger partial charge in [0, 0.05) is 18.1 Å². The van der Waals surface area contributed by atoms with E-state index in [0.717, 1.165) is 12.3 Å². The minimum atomic E-state index is -4.74. The van der Waals surface area contributed by atoms with Gasteiger partial charge in [0.05, 0.1) is 22.5 Å². The molecule has 0 radical (unpaired) electrons. The van der Waals surface area contributed by atoms with Crippen LogP contribution in [0.3, 0.4) is 0 Å². The Morgan fingerprint density at radius 1 is 1.26 bits per heavy atom. The number of aromatic nitrogens is 2. The van der Waals surface area contributed by atoms with Crippen molar-refractivity contribution in [2.24, 2.45) is 0 Å². The molecule has 0 fully saturated rings. The summed E-state index contributed by atoms with van der Waals surface area (Å²) in [6, 6.07) is 6.26. The standard InChI is InChI=1S/C20H18F4N4O2S/c1-3-8-28-18-9-13(21)4-6-15(18)16(10-25)19(28)17-7-5-14(11-26-17)31(29,30)27-12(2)20(22,23)24/h4-7,9,11-12,27H,3,8H2,1-2H3. The smallest absolute Gasteiger partial charge is 0.338 e. The van der Waals surface area contributed by atoms with Crippen molar-refractivity contribution in [2.45, 2.75) is 43.9 Å². The summed E-state index contributed by atoms with van der Waals surface area (Å²) >= 11 is 0. The van der Waals surface area contributed by atoms with E-state index in [1.165, 1.54) is 24.3 Å². The SMILES string of the molecule is CCCn1c(-c2ccc(S(=O)(=O)NC(C)C(F)(F)F)cn2)c(C#N)c2ccc(F)cc21. The number of nitriles is 1. The Hall–Kier alpha value is -2.97. The van der Waals surface area contributed by atoms with Crippen molar-refractivity contribution in [3.8, 4) is 17.5 Å². The van der Waals surface area contributed by atoms with Gasteiger partial charge in [-0.15, -0.1) is 0 Å². The van der Waals surface area contributed by atoms with E-state index in [0.29, 0.717) is 36.5 Å². The second-order valence-electron chi connectivity index (χ2n) is 6.91. The molecular weight excluding hydrogens is 436 g/mol. The molecule has 0 saturated heterocycles. The molecule has 3 rings (SSSR count). The van der Waals surface area contributed by atoms with E-state index in [2.05, 4.69) is 11.1 Å². The molecule has 31 heavy (non-hydrogen) atoms. The number of fused-ring (bicyclic) bond motifs is 1. The van der Waals surface area contributed by atoms with E-state index in [1.807, 2.05) is 6.92 Å². The number of nitrogens with one attached hydrogen (secondary N) is 1. The molecule has 0 aliphatic carbocycles. The van der Waals surface area contributed by atoms with Crippen LogP contribution < -0.4 is 4.72 Å². The average Bonchev–Trinajstić information content (AvgIpc) is 3.00. The molecule has 6 nitrogen and oxygen atoms in total. The second kappa shape index (κ2) is 8.28. The maximum atomic E-state index is 13.8. The Morgan fingerprint density at radius 3 is 2.52 bits per heavy atom. The fraction of sp³-hybridized carbons (Fsp3) is 0.300. The van der Waals surface area contributed by atoms with Gasteiger partial charge in [0.1, 0.15) is 22.8 Å². The van der Waals surface area contributed by atoms with Crippen molar-refractivity contribution in [3.05, 3.63) is 47.9 Å². The van der Waals surface area contributed by atoms with Gasteiger partial charge in [-0.1, -0.05) is 6.92 Å². The van der Waals surface area contributed by atoms with E-state index >= 15 is 0 Å². The summed E-state index contributed by atoms with van der Waals surface area (Å²) in [5.74, 6) is -0.474. The third-order valence-electron chi connectivity index (χ3n) is 4.70. The molecule has 0 amide bonds. The fourth-order valence-corrected chi connectivity index (χ4v) is 4.38. The van der Waals surface area contributed by atoms with Crippen LogP contribution in [0.1, 0.15) is 25.8 Å². The summed E-state index contributed by atoms with van der Waals surface area (Å²) < 4.78 is 79.7. The van der Waals surface area contributed by atoms with Gasteiger partial charge in [0.15, 0.2) is 0 Å². The van der Waals surface area contributed by atoms with Crippen LogP contribution in [0, 0.1) is 17.1 Å². The highest BCUT2D eigenvalue weighted by atomic mass is 32.2. The van der Waals surface area contributed by atoms with Gasteiger partial charge in [0.2, 0.25) is 10.0 Å². The number of rotatable bonds is 6. The Morgan fingerprint density at radius 2 is 1.97 bits per heavy atom. The maximum absolute atomic E-state index is 13.8. The van der Waals surface area contributed by atoms with Gasteiger partial charge in [-0.2, -0.15) is 23.2 Å². The number of nitrogens with zero attached hydrogens (tertiary/aromatic N) is 3. The molecule has 2 aromatic heterocycles. The van der Waals surface area contributed by atoms with Gasteiger partial charge in [-0.05, 0) is 43.7 Å². The Kier molecular flexibility index (Phi) is 6.07. The Bertz CT molecular complexity index is 1260. The molecule has 1 N–H and O–H groups in total. The zero-order valence-corrected chi connectivity index (χ0v) is 17.4. The Balaban J connectivity index is 2.09. The monoisotopic (exact) mass is 454 g/mol. The number of hydrogen-bond donors (Lipinski definition) is 1. The predicted molar refractivity (Wildman–Crippen MR) is 106 cm³/mol. The second-order valence-corrected chi connectivity index (χ2v) is 8.63. The van der Waals surface area contributed by atoms with Gasteiger partial charge in [0.25, 0.3) is 0 Å². The van der Waals surface area contributed by atoms with Crippen LogP contribution in [0.2, 0.25) is 0 Å². The molecule has 0 spiro atoms. The molecule has 0 bridgehead atoms. The number of sulfonamides is 1. The number of benzene rings is 1. The van der Waals surface area contributed by atoms with Gasteiger partial charge in [-0.25, -0.2) is 12.8 Å². The highest BCUT2D eigenvalue weighted by Crippen LogP contribution is 2.33. The van der Waals surface area contributed by atoms with Crippen molar-refractivity contribution in [2.75, 3.05) is 0 Å². The summed E-state index contributed by atoms with van der Waals surface area (Å²) in [7, 11) is -4.46. The molecule has 1 atom stereocenters. The van der Waals surface area contributed by atoms with Crippen molar-refractivity contribution in [1.29, 1.82) is 5.26 Å². The number of hydrogen-bond acceptors (Lipinski definition) is 4. The van der Waals surface area contributed by atoms with Crippen molar-refractivity contribution >= 4 is 20.9 Å². The van der Waals surface area contributed by atoms with Gasteiger partial charge < -0.3 is 4.57 Å². The summed E-state index contributed by atoms with van der Waals surface area (Å²) in [4.78, 5) is 3.64. The molecule has 0 aliphatic heterocycles. The maximum Gasteiger partial charge on any atom is 0.404 e. The van der Waals surface area contributed by atoms with Crippen molar-refractivity contribution in [3.63, 3.8) is 0 Å². The predicted octanol–water partition coefficient (Wildman–Crippen LogP) is 4.35. The highest BCUT2D eigenvalue weighted by molar-refractivity contribution is 7.89. The first-order chi connectivity index (χ1) is 14.5. The van der Waals surface area contributed by atoms with E-state index in [-0.39, 0.29) is 11.3 Å². The van der Waals surface area contributed by atoms with Crippen LogP contribution in [-0.4, -0.2) is 30.2 Å². The quantitative estimate of drug-likeness (QED) is 0.561. The molecule has 0 saturated carbocycles. The Labute approximate surface area is 176 Å². The molecule has 2 heterocycles. The first kappa shape index (κ1) is 22.7. The molecular formula is C20H18F4N4O2S. The lowest BCUT2D eigenvalue weighted by Crippen LogP contribution is -2.42. The molecule has 164 valence electrons. The average molecular weight is 454 g/mol. The minimum absolute atomic E-state index is 0.240. The number of alkyl halides is 3. The van der Waals surface area contributed by atoms with Gasteiger partial charge in [-0.3, -0.25) is 4.98 Å². The van der Waals surface area contributed by atoms with Crippen LogP contribution in [-0.2, 0) is 16.6 Å². The third kappa shape index (κ3) is 4.40. The summed E-state index contributed by atoms with van der Waals surface area (Å²) in [6.45, 7) is 3.04. The fourth-order valence-electron chi connectivity index (χ4n) is 3.20. The van der Waals surface area contributed by atoms with E-state index in [9.17, 15) is 31.2 Å². The van der Waals surface area contributed by atoms with Crippen LogP contribution >= 0.6 is 0 Å². The first-order valence-corrected chi connectivity index (χ1v) is 10.7. The number of aryl methyl sites for hydroxylation is 1. The van der Waals surface area contributed by atoms with Crippen LogP contribution in [0.25, 0.3) is 22.3 Å². The van der Waals surface area contributed by atoms with Crippen LogP contribution in [0.15, 0.2) is 41.4 Å². The van der Waals surface area contributed by atoms with E-state index in [1.54, 1.807) is 9.29 Å². The van der Waals surface area contributed by atoms with Crippen molar-refractivity contribution in [1.82, 2.24) is 14.3 Å². The number of halogens is 4. The molecule has 1 aromatic carbocycles. The summed E-state index contributed by atoms with van der Waals surface area (Å²) in [5.41, 5.74) is 1.36. The van der Waals surface area contributed by atoms with Crippen molar-refractivity contribution < 1.29 is 26.0 Å². The van der Waals surface area contributed by atoms with Crippen LogP contribution in [0.5, 0.6) is 0 Å².